The Morgan fingerprint density at radius 3 is 2.68 bits per heavy atom. The van der Waals surface area contributed by atoms with Gasteiger partial charge >= 0.3 is 5.97 Å². The maximum absolute atomic E-state index is 12.6. The molecule has 1 amide bonds. The van der Waals surface area contributed by atoms with E-state index in [1.165, 1.54) is 23.8 Å². The molecule has 0 unspecified atom stereocenters. The molecule has 1 saturated heterocycles. The van der Waals surface area contributed by atoms with Crippen molar-refractivity contribution in [1.82, 2.24) is 4.90 Å². The van der Waals surface area contributed by atoms with Gasteiger partial charge in [-0.3, -0.25) is 9.69 Å². The van der Waals surface area contributed by atoms with Crippen LogP contribution >= 0.6 is 27.7 Å². The first kappa shape index (κ1) is 20.2. The van der Waals surface area contributed by atoms with Crippen LogP contribution in [-0.2, 0) is 9.53 Å². The fourth-order valence-electron chi connectivity index (χ4n) is 2.51. The fraction of sp³-hybridized carbons (Fsp3) is 0.150. The fourth-order valence-corrected chi connectivity index (χ4v) is 4.05. The largest absolute Gasteiger partial charge is 0.496 e. The van der Waals surface area contributed by atoms with Crippen molar-refractivity contribution < 1.29 is 19.1 Å². The van der Waals surface area contributed by atoms with Crippen LogP contribution in [0.25, 0.3) is 6.08 Å². The standard InChI is InChI=1S/C20H17BrN2O4S/c1-23-18(24)17(10-12-7-8-16(26-2)15(21)9-12)28-20(23)22-14-6-4-5-13(11-14)19(25)27-3/h4-11H,1-3H3. The lowest BCUT2D eigenvalue weighted by Crippen LogP contribution is -2.23. The average molecular weight is 461 g/mol. The molecule has 1 aliphatic heterocycles. The number of likely N-dealkylation sites (N-methyl/N-ethyl adjacent to an activating group) is 1. The molecule has 3 rings (SSSR count). The summed E-state index contributed by atoms with van der Waals surface area (Å²) in [4.78, 5) is 30.8. The zero-order valence-electron chi connectivity index (χ0n) is 15.4. The zero-order valence-corrected chi connectivity index (χ0v) is 17.8. The number of halogens is 1. The third-order valence-electron chi connectivity index (χ3n) is 3.97. The van der Waals surface area contributed by atoms with Crippen molar-refractivity contribution in [2.75, 3.05) is 21.3 Å². The SMILES string of the molecule is COC(=O)c1cccc(N=C2SC(=Cc3ccc(OC)c(Br)c3)C(=O)N2C)c1. The maximum atomic E-state index is 12.6. The minimum Gasteiger partial charge on any atom is -0.496 e. The number of carbonyl (C=O) groups excluding carboxylic acids is 2. The molecule has 2 aromatic rings. The number of ether oxygens (including phenoxy) is 2. The van der Waals surface area contributed by atoms with E-state index in [2.05, 4.69) is 20.9 Å². The molecule has 144 valence electrons. The van der Waals surface area contributed by atoms with Crippen LogP contribution in [0.1, 0.15) is 15.9 Å². The van der Waals surface area contributed by atoms with E-state index in [-0.39, 0.29) is 5.91 Å². The highest BCUT2D eigenvalue weighted by Crippen LogP contribution is 2.34. The molecule has 6 nitrogen and oxygen atoms in total. The molecular weight excluding hydrogens is 444 g/mol. The summed E-state index contributed by atoms with van der Waals surface area (Å²) in [6, 6.07) is 12.4. The molecule has 0 saturated carbocycles. The number of rotatable bonds is 4. The minimum atomic E-state index is -0.434. The number of amides is 1. The Hall–Kier alpha value is -2.58. The molecule has 0 bridgehead atoms. The van der Waals surface area contributed by atoms with E-state index in [1.54, 1.807) is 44.5 Å². The molecule has 0 N–H and O–H groups in total. The van der Waals surface area contributed by atoms with Crippen LogP contribution in [0.3, 0.4) is 0 Å². The predicted molar refractivity (Wildman–Crippen MR) is 114 cm³/mol. The second kappa shape index (κ2) is 8.62. The van der Waals surface area contributed by atoms with Gasteiger partial charge in [0.15, 0.2) is 5.17 Å². The van der Waals surface area contributed by atoms with Crippen LogP contribution < -0.4 is 4.74 Å². The molecule has 1 heterocycles. The van der Waals surface area contributed by atoms with Crippen LogP contribution in [0, 0.1) is 0 Å². The molecule has 0 aromatic heterocycles. The van der Waals surface area contributed by atoms with Crippen molar-refractivity contribution in [2.45, 2.75) is 0 Å². The Kier molecular flexibility index (Phi) is 6.21. The normalized spacial score (nSPS) is 16.7. The van der Waals surface area contributed by atoms with Crippen LogP contribution in [0.15, 0.2) is 56.8 Å². The van der Waals surface area contributed by atoms with Crippen molar-refractivity contribution in [3.8, 4) is 5.75 Å². The van der Waals surface area contributed by atoms with E-state index in [9.17, 15) is 9.59 Å². The Morgan fingerprint density at radius 1 is 1.21 bits per heavy atom. The third kappa shape index (κ3) is 4.28. The highest BCUT2D eigenvalue weighted by atomic mass is 79.9. The van der Waals surface area contributed by atoms with Crippen molar-refractivity contribution in [1.29, 1.82) is 0 Å². The van der Waals surface area contributed by atoms with Gasteiger partial charge in [-0.05, 0) is 69.7 Å². The minimum absolute atomic E-state index is 0.139. The number of aliphatic imine (C=N–C) groups is 1. The summed E-state index contributed by atoms with van der Waals surface area (Å²) in [5.74, 6) is 0.147. The average Bonchev–Trinajstić information content (AvgIpc) is 2.95. The Balaban J connectivity index is 1.88. The molecule has 1 fully saturated rings. The number of thioether (sulfide) groups is 1. The van der Waals surface area contributed by atoms with Gasteiger partial charge in [0.1, 0.15) is 5.75 Å². The van der Waals surface area contributed by atoms with Gasteiger partial charge < -0.3 is 9.47 Å². The highest BCUT2D eigenvalue weighted by molar-refractivity contribution is 9.10. The van der Waals surface area contributed by atoms with Crippen LogP contribution in [0.5, 0.6) is 5.75 Å². The molecule has 0 aliphatic carbocycles. The summed E-state index contributed by atoms with van der Waals surface area (Å²) in [5.41, 5.74) is 1.84. The van der Waals surface area contributed by atoms with Gasteiger partial charge in [-0.2, -0.15) is 0 Å². The second-order valence-electron chi connectivity index (χ2n) is 5.81. The number of methoxy groups -OCH3 is 2. The van der Waals surface area contributed by atoms with Crippen LogP contribution in [-0.4, -0.2) is 43.2 Å². The molecule has 8 heteroatoms. The smallest absolute Gasteiger partial charge is 0.337 e. The molecule has 28 heavy (non-hydrogen) atoms. The first-order chi connectivity index (χ1) is 13.4. The molecule has 0 spiro atoms. The van der Waals surface area contributed by atoms with E-state index in [1.807, 2.05) is 18.2 Å². The summed E-state index contributed by atoms with van der Waals surface area (Å²) >= 11 is 4.72. The molecule has 1 aliphatic rings. The van der Waals surface area contributed by atoms with E-state index in [0.29, 0.717) is 21.3 Å². The van der Waals surface area contributed by atoms with E-state index in [0.717, 1.165) is 15.8 Å². The van der Waals surface area contributed by atoms with Crippen molar-refractivity contribution in [2.24, 2.45) is 4.99 Å². The summed E-state index contributed by atoms with van der Waals surface area (Å²) < 4.78 is 10.8. The Bertz CT molecular complexity index is 1000. The lowest BCUT2D eigenvalue weighted by atomic mass is 10.2. The van der Waals surface area contributed by atoms with Gasteiger partial charge in [0.25, 0.3) is 5.91 Å². The number of nitrogens with zero attached hydrogens (tertiary/aromatic N) is 2. The number of amidine groups is 1. The van der Waals surface area contributed by atoms with Crippen molar-refractivity contribution in [3.05, 3.63) is 63.0 Å². The number of hydrogen-bond donors (Lipinski definition) is 0. The summed E-state index contributed by atoms with van der Waals surface area (Å²) in [6.45, 7) is 0. The van der Waals surface area contributed by atoms with E-state index in [4.69, 9.17) is 9.47 Å². The molecule has 0 atom stereocenters. The third-order valence-corrected chi connectivity index (χ3v) is 5.65. The zero-order chi connectivity index (χ0) is 20.3. The molecule has 2 aromatic carbocycles. The number of esters is 1. The van der Waals surface area contributed by atoms with E-state index < -0.39 is 5.97 Å². The van der Waals surface area contributed by atoms with Gasteiger partial charge in [-0.1, -0.05) is 12.1 Å². The Labute approximate surface area is 175 Å². The first-order valence-corrected chi connectivity index (χ1v) is 9.82. The monoisotopic (exact) mass is 460 g/mol. The lowest BCUT2D eigenvalue weighted by molar-refractivity contribution is -0.121. The summed E-state index contributed by atoms with van der Waals surface area (Å²) in [6.07, 6.45) is 1.81. The van der Waals surface area contributed by atoms with Crippen molar-refractivity contribution in [3.63, 3.8) is 0 Å². The maximum Gasteiger partial charge on any atom is 0.337 e. The van der Waals surface area contributed by atoms with Gasteiger partial charge in [0, 0.05) is 7.05 Å². The summed E-state index contributed by atoms with van der Waals surface area (Å²) in [7, 11) is 4.60. The van der Waals surface area contributed by atoms with Gasteiger partial charge in [0.05, 0.1) is 34.8 Å². The molecule has 0 radical (unpaired) electrons. The first-order valence-electron chi connectivity index (χ1n) is 8.21. The van der Waals surface area contributed by atoms with Gasteiger partial charge in [-0.15, -0.1) is 0 Å². The number of carbonyl (C=O) groups is 2. The lowest BCUT2D eigenvalue weighted by Gasteiger charge is -2.07. The van der Waals surface area contributed by atoms with Crippen LogP contribution in [0.4, 0.5) is 5.69 Å². The topological polar surface area (TPSA) is 68.2 Å². The van der Waals surface area contributed by atoms with Gasteiger partial charge in [-0.25, -0.2) is 9.79 Å². The Morgan fingerprint density at radius 2 is 2.00 bits per heavy atom. The van der Waals surface area contributed by atoms with E-state index >= 15 is 0 Å². The highest BCUT2D eigenvalue weighted by Gasteiger charge is 2.30. The van der Waals surface area contributed by atoms with Crippen molar-refractivity contribution >= 4 is 56.5 Å². The molecular formula is C20H17BrN2O4S. The number of benzene rings is 2. The number of hydrogen-bond acceptors (Lipinski definition) is 6. The second-order valence-corrected chi connectivity index (χ2v) is 7.67. The predicted octanol–water partition coefficient (Wildman–Crippen LogP) is 4.48. The summed E-state index contributed by atoms with van der Waals surface area (Å²) in [5, 5.41) is 0.533. The van der Waals surface area contributed by atoms with Crippen LogP contribution in [0.2, 0.25) is 0 Å². The van der Waals surface area contributed by atoms with Gasteiger partial charge in [0.2, 0.25) is 0 Å². The quantitative estimate of drug-likeness (QED) is 0.496.